The summed E-state index contributed by atoms with van der Waals surface area (Å²) in [5.41, 5.74) is -3.50. The first-order valence-electron chi connectivity index (χ1n) is 18.2. The fourth-order valence-corrected chi connectivity index (χ4v) is 4.41. The fraction of sp³-hybridized carbons (Fsp3) is 0.816. The van der Waals surface area contributed by atoms with Crippen molar-refractivity contribution in [1.82, 2.24) is 15.5 Å². The minimum Gasteiger partial charge on any atom is -0.465 e. The van der Waals surface area contributed by atoms with Gasteiger partial charge < -0.3 is 48.9 Å². The van der Waals surface area contributed by atoms with Crippen LogP contribution >= 0.6 is 40.5 Å². The normalized spacial score (nSPS) is 17.7. The van der Waals surface area contributed by atoms with Crippen LogP contribution in [0, 0.1) is 0 Å². The van der Waals surface area contributed by atoms with Crippen LogP contribution in [-0.4, -0.2) is 138 Å². The standard InChI is InChI=1S/C16H27F2NO7.C15H23F2NO6.C5H7F2NO2.2CH4.3H2S/c1-14(2,3)25-12(21)19-10(8-16(17,18)11(20)23-7)9-24-13(22)26-15(4,5)6;1-13(2,3)23-11(20)18-9(7-15(16,17)10(18)19)8-22-12(21)24-14(4,5)6;6-5(7)1-3(2-9)8-4(5)10;;;;;/h10H,8-9H2,1-7H3,(H,19,21);9H,7-8H2,1-6H3;3,9H,1-2H2,(H,8,10);2*1H4;3*1H2/t10-;9-;3-;;;;;/m000...../s1. The van der Waals surface area contributed by atoms with Crippen molar-refractivity contribution in [3.8, 4) is 0 Å². The van der Waals surface area contributed by atoms with Crippen LogP contribution in [0.25, 0.3) is 0 Å². The number of rotatable bonds is 9. The van der Waals surface area contributed by atoms with Crippen molar-refractivity contribution in [2.45, 2.75) is 175 Å². The number of carbonyl (C=O) groups excluding carboxylic acids is 7. The summed E-state index contributed by atoms with van der Waals surface area (Å²) in [5.74, 6) is -15.6. The molecule has 0 bridgehead atoms. The van der Waals surface area contributed by atoms with Gasteiger partial charge in [0.1, 0.15) is 35.6 Å². The third kappa shape index (κ3) is 29.5. The molecule has 2 saturated heterocycles. The molecule has 4 amide bonds. The van der Waals surface area contributed by atoms with E-state index in [0.717, 1.165) is 7.11 Å². The van der Waals surface area contributed by atoms with Gasteiger partial charge in [-0.25, -0.2) is 28.9 Å². The number of methoxy groups -OCH3 is 1. The molecule has 65 heavy (non-hydrogen) atoms. The van der Waals surface area contributed by atoms with Crippen molar-refractivity contribution in [2.75, 3.05) is 26.9 Å². The first kappa shape index (κ1) is 72.9. The first-order valence-corrected chi connectivity index (χ1v) is 18.2. The van der Waals surface area contributed by atoms with E-state index in [-0.39, 0.29) is 55.3 Å². The predicted molar refractivity (Wildman–Crippen MR) is 239 cm³/mol. The minimum absolute atomic E-state index is 0. The Hall–Kier alpha value is -3.72. The monoisotopic (exact) mass is 1020 g/mol. The van der Waals surface area contributed by atoms with Gasteiger partial charge in [0.05, 0.1) is 31.8 Å². The smallest absolute Gasteiger partial charge is 0.465 e. The van der Waals surface area contributed by atoms with Crippen LogP contribution in [0.2, 0.25) is 0 Å². The molecular formula is C38H71F6N3O15S3. The lowest BCUT2D eigenvalue weighted by molar-refractivity contribution is -0.170. The SMILES string of the molecule is C.C.CC(C)(C)OC(=O)OC[C@@H]1CC(F)(F)C(=O)N1C(=O)OC(C)(C)C.COC(=O)C(F)(F)C[C@@H](COC(=O)OC(C)(C)C)NC(=O)OC(C)(C)C.O=C1N[C@H](CO)CC1(F)F.S.S.S. The highest BCUT2D eigenvalue weighted by Gasteiger charge is 2.57. The number of alkyl halides is 6. The summed E-state index contributed by atoms with van der Waals surface area (Å²) in [6.07, 6.45) is -7.08. The zero-order valence-corrected chi connectivity index (χ0v) is 40.4. The van der Waals surface area contributed by atoms with Crippen molar-refractivity contribution in [2.24, 2.45) is 0 Å². The second kappa shape index (κ2) is 28.5. The van der Waals surface area contributed by atoms with Crippen LogP contribution in [0.15, 0.2) is 0 Å². The quantitative estimate of drug-likeness (QED) is 0.117. The zero-order valence-electron chi connectivity index (χ0n) is 37.4. The maximum atomic E-state index is 13.8. The molecule has 0 unspecified atom stereocenters. The highest BCUT2D eigenvalue weighted by Crippen LogP contribution is 2.35. The van der Waals surface area contributed by atoms with E-state index in [0.29, 0.717) is 4.90 Å². The van der Waals surface area contributed by atoms with Gasteiger partial charge in [-0.05, 0) is 83.1 Å². The summed E-state index contributed by atoms with van der Waals surface area (Å²) in [4.78, 5) is 80.4. The van der Waals surface area contributed by atoms with Crippen molar-refractivity contribution in [1.29, 1.82) is 0 Å². The summed E-state index contributed by atoms with van der Waals surface area (Å²) in [6.45, 7) is 17.3. The lowest BCUT2D eigenvalue weighted by atomic mass is 10.1. The van der Waals surface area contributed by atoms with Gasteiger partial charge in [0.25, 0.3) is 5.91 Å². The number of alkyl carbamates (subject to hydrolysis) is 1. The molecule has 2 heterocycles. The number of hydrogen-bond acceptors (Lipinski definition) is 15. The topological polar surface area (TPSA) is 232 Å². The molecule has 0 saturated carbocycles. The number of aliphatic hydroxyl groups excluding tert-OH is 1. The molecule has 3 atom stereocenters. The van der Waals surface area contributed by atoms with Crippen LogP contribution < -0.4 is 10.6 Å². The summed E-state index contributed by atoms with van der Waals surface area (Å²) in [5, 5.41) is 12.5. The Morgan fingerprint density at radius 1 is 0.738 bits per heavy atom. The predicted octanol–water partition coefficient (Wildman–Crippen LogP) is 7.25. The average molecular weight is 1020 g/mol. The number of likely N-dealkylation sites (tertiary alicyclic amines) is 1. The van der Waals surface area contributed by atoms with E-state index in [1.165, 1.54) is 20.8 Å². The van der Waals surface area contributed by atoms with Crippen LogP contribution in [0.1, 0.15) is 117 Å². The average Bonchev–Trinajstić information content (AvgIpc) is 3.43. The molecule has 0 aromatic rings. The van der Waals surface area contributed by atoms with Crippen LogP contribution in [0.5, 0.6) is 0 Å². The van der Waals surface area contributed by atoms with Gasteiger partial charge in [-0.3, -0.25) is 9.59 Å². The summed E-state index contributed by atoms with van der Waals surface area (Å²) < 4.78 is 113. The third-order valence-corrected chi connectivity index (χ3v) is 6.65. The van der Waals surface area contributed by atoms with Crippen molar-refractivity contribution < 1.29 is 98.2 Å². The second-order valence-corrected chi connectivity index (χ2v) is 17.3. The molecule has 2 rings (SSSR count). The van der Waals surface area contributed by atoms with Gasteiger partial charge in [-0.15, -0.1) is 0 Å². The van der Waals surface area contributed by atoms with E-state index < -0.39 is 140 Å². The maximum Gasteiger partial charge on any atom is 0.508 e. The molecule has 0 aliphatic carbocycles. The number of nitrogens with zero attached hydrogens (tertiary/aromatic N) is 1. The summed E-state index contributed by atoms with van der Waals surface area (Å²) in [6, 6.07) is -3.51. The number of imide groups is 1. The Labute approximate surface area is 397 Å². The van der Waals surface area contributed by atoms with Crippen LogP contribution in [-0.2, 0) is 47.5 Å². The van der Waals surface area contributed by atoms with E-state index in [4.69, 9.17) is 33.5 Å². The number of hydrogen-bond donors (Lipinski definition) is 3. The van der Waals surface area contributed by atoms with Crippen LogP contribution in [0.4, 0.5) is 45.5 Å². The van der Waals surface area contributed by atoms with E-state index in [1.807, 2.05) is 5.32 Å². The van der Waals surface area contributed by atoms with E-state index in [9.17, 15) is 59.9 Å². The van der Waals surface area contributed by atoms with E-state index in [1.54, 1.807) is 62.3 Å². The Balaban J connectivity index is -0.000000208. The Kier molecular flexibility index (Phi) is 31.9. The van der Waals surface area contributed by atoms with Gasteiger partial charge in [-0.1, -0.05) is 14.9 Å². The number of carbonyl (C=O) groups is 7. The zero-order chi connectivity index (χ0) is 47.5. The second-order valence-electron chi connectivity index (χ2n) is 17.3. The molecule has 388 valence electrons. The number of ether oxygens (including phenoxy) is 7. The molecule has 0 spiro atoms. The van der Waals surface area contributed by atoms with Gasteiger partial charge >= 0.3 is 54.1 Å². The van der Waals surface area contributed by atoms with Gasteiger partial charge in [-0.2, -0.15) is 66.8 Å². The molecule has 0 aromatic heterocycles. The fourth-order valence-electron chi connectivity index (χ4n) is 4.41. The molecule has 2 aliphatic heterocycles. The summed E-state index contributed by atoms with van der Waals surface area (Å²) in [7, 11) is 0.809. The van der Waals surface area contributed by atoms with E-state index >= 15 is 0 Å². The Morgan fingerprint density at radius 2 is 1.17 bits per heavy atom. The number of amides is 4. The molecule has 0 aromatic carbocycles. The summed E-state index contributed by atoms with van der Waals surface area (Å²) >= 11 is 0. The lowest BCUT2D eigenvalue weighted by Gasteiger charge is -2.27. The highest BCUT2D eigenvalue weighted by molar-refractivity contribution is 7.59. The number of nitrogens with one attached hydrogen (secondary N) is 2. The van der Waals surface area contributed by atoms with E-state index in [2.05, 4.69) is 10.1 Å². The molecular weight excluding hydrogens is 949 g/mol. The Bertz CT molecular complexity index is 1540. The molecule has 2 fully saturated rings. The molecule has 3 N–H and O–H groups in total. The molecule has 27 heteroatoms. The molecule has 2 aliphatic rings. The number of esters is 1. The molecule has 0 radical (unpaired) electrons. The Morgan fingerprint density at radius 3 is 1.52 bits per heavy atom. The molecule has 18 nitrogen and oxygen atoms in total. The highest BCUT2D eigenvalue weighted by atomic mass is 32.1. The van der Waals surface area contributed by atoms with Crippen molar-refractivity contribution in [3.63, 3.8) is 0 Å². The first-order chi connectivity index (χ1) is 26.7. The lowest BCUT2D eigenvalue weighted by Crippen LogP contribution is -2.47. The van der Waals surface area contributed by atoms with Crippen molar-refractivity contribution >= 4 is 82.8 Å². The largest absolute Gasteiger partial charge is 0.508 e. The number of halogens is 6. The van der Waals surface area contributed by atoms with Gasteiger partial charge in [0.15, 0.2) is 0 Å². The van der Waals surface area contributed by atoms with Gasteiger partial charge in [0, 0.05) is 19.3 Å². The van der Waals surface area contributed by atoms with Crippen molar-refractivity contribution in [3.05, 3.63) is 0 Å². The maximum absolute atomic E-state index is 13.8. The van der Waals surface area contributed by atoms with Gasteiger partial charge in [0.2, 0.25) is 0 Å². The van der Waals surface area contributed by atoms with Crippen LogP contribution in [0.3, 0.4) is 0 Å². The minimum atomic E-state index is -3.90. The number of aliphatic hydroxyl groups is 1. The third-order valence-electron chi connectivity index (χ3n) is 6.65.